The lowest BCUT2D eigenvalue weighted by Gasteiger charge is -2.09. The fraction of sp³-hybridized carbons (Fsp3) is 0.211. The predicted molar refractivity (Wildman–Crippen MR) is 92.5 cm³/mol. The van der Waals surface area contributed by atoms with E-state index in [4.69, 9.17) is 23.7 Å². The normalized spacial score (nSPS) is 9.96. The van der Waals surface area contributed by atoms with Crippen LogP contribution >= 0.6 is 0 Å². The number of benzene rings is 2. The monoisotopic (exact) mass is 359 g/mol. The van der Waals surface area contributed by atoms with Crippen molar-refractivity contribution in [1.82, 2.24) is 0 Å². The van der Waals surface area contributed by atoms with E-state index in [0.717, 1.165) is 6.61 Å². The molecule has 0 bridgehead atoms. The third-order valence-corrected chi connectivity index (χ3v) is 3.42. The number of hydrogen-bond donors (Lipinski definition) is 0. The molecule has 0 saturated heterocycles. The van der Waals surface area contributed by atoms with Gasteiger partial charge in [-0.1, -0.05) is 0 Å². The van der Waals surface area contributed by atoms with Gasteiger partial charge in [0.15, 0.2) is 18.1 Å². The van der Waals surface area contributed by atoms with Crippen molar-refractivity contribution in [3.8, 4) is 17.2 Å². The molecular formula is C19H19O7. The second-order valence-electron chi connectivity index (χ2n) is 4.97. The summed E-state index contributed by atoms with van der Waals surface area (Å²) in [5.41, 5.74) is 0.644. The zero-order valence-corrected chi connectivity index (χ0v) is 14.7. The Morgan fingerprint density at radius 3 is 2.08 bits per heavy atom. The van der Waals surface area contributed by atoms with Gasteiger partial charge in [-0.15, -0.1) is 0 Å². The van der Waals surface area contributed by atoms with Crippen LogP contribution in [-0.2, 0) is 9.47 Å². The van der Waals surface area contributed by atoms with Crippen LogP contribution in [0, 0.1) is 6.61 Å². The number of methoxy groups -OCH3 is 3. The molecule has 0 aliphatic rings. The largest absolute Gasteiger partial charge is 0.497 e. The summed E-state index contributed by atoms with van der Waals surface area (Å²) in [4.78, 5) is 23.9. The SMILES string of the molecule is COc1ccc(C(=O)OC[CH]OC(=O)c2ccc(OC)c(OC)c2)cc1. The minimum atomic E-state index is -0.605. The maximum Gasteiger partial charge on any atom is 0.338 e. The average molecular weight is 359 g/mol. The summed E-state index contributed by atoms with van der Waals surface area (Å²) in [5, 5.41) is 0. The van der Waals surface area contributed by atoms with E-state index in [2.05, 4.69) is 0 Å². The minimum Gasteiger partial charge on any atom is -0.497 e. The molecule has 0 atom stereocenters. The molecule has 0 aliphatic heterocycles. The number of rotatable bonds is 8. The van der Waals surface area contributed by atoms with E-state index in [0.29, 0.717) is 22.8 Å². The standard InChI is InChI=1S/C19H19O7/c1-22-15-7-4-13(5-8-15)18(20)25-10-11-26-19(21)14-6-9-16(23-2)17(12-14)24-3/h4-9,11-12H,10H2,1-3H3. The Labute approximate surface area is 151 Å². The van der Waals surface area contributed by atoms with Crippen molar-refractivity contribution in [2.24, 2.45) is 0 Å². The lowest BCUT2D eigenvalue weighted by Crippen LogP contribution is -2.11. The second kappa shape index (κ2) is 9.31. The number of ether oxygens (including phenoxy) is 5. The van der Waals surface area contributed by atoms with Gasteiger partial charge < -0.3 is 23.7 Å². The van der Waals surface area contributed by atoms with E-state index in [1.54, 1.807) is 36.4 Å². The summed E-state index contributed by atoms with van der Waals surface area (Å²) in [6.07, 6.45) is 0. The molecule has 0 aliphatic carbocycles. The Bertz CT molecular complexity index is 753. The smallest absolute Gasteiger partial charge is 0.338 e. The van der Waals surface area contributed by atoms with E-state index >= 15 is 0 Å². The van der Waals surface area contributed by atoms with Crippen molar-refractivity contribution in [1.29, 1.82) is 0 Å². The molecule has 0 aromatic heterocycles. The first-order valence-electron chi connectivity index (χ1n) is 7.65. The summed E-state index contributed by atoms with van der Waals surface area (Å²) in [7, 11) is 4.51. The highest BCUT2D eigenvalue weighted by atomic mass is 16.6. The first-order chi connectivity index (χ1) is 12.6. The van der Waals surface area contributed by atoms with Crippen LogP contribution in [0.5, 0.6) is 17.2 Å². The van der Waals surface area contributed by atoms with E-state index < -0.39 is 11.9 Å². The second-order valence-corrected chi connectivity index (χ2v) is 4.97. The maximum absolute atomic E-state index is 12.0. The Morgan fingerprint density at radius 2 is 1.46 bits per heavy atom. The molecule has 0 heterocycles. The molecule has 137 valence electrons. The topological polar surface area (TPSA) is 80.3 Å². The predicted octanol–water partition coefficient (Wildman–Crippen LogP) is 2.89. The minimum absolute atomic E-state index is 0.177. The lowest BCUT2D eigenvalue weighted by atomic mass is 10.2. The number of hydrogen-bond acceptors (Lipinski definition) is 7. The van der Waals surface area contributed by atoms with Gasteiger partial charge in [0.25, 0.3) is 0 Å². The molecule has 2 aromatic carbocycles. The van der Waals surface area contributed by atoms with E-state index in [-0.39, 0.29) is 12.2 Å². The van der Waals surface area contributed by atoms with Crippen LogP contribution in [-0.4, -0.2) is 39.9 Å². The number of carbonyl (C=O) groups is 2. The Kier molecular flexibility index (Phi) is 6.84. The first-order valence-corrected chi connectivity index (χ1v) is 7.65. The van der Waals surface area contributed by atoms with Gasteiger partial charge in [0.05, 0.1) is 32.5 Å². The summed E-state index contributed by atoms with van der Waals surface area (Å²) in [5.74, 6) is 0.406. The molecule has 2 rings (SSSR count). The van der Waals surface area contributed by atoms with Crippen molar-refractivity contribution in [3.05, 3.63) is 60.2 Å². The molecule has 7 heteroatoms. The van der Waals surface area contributed by atoms with Crippen LogP contribution in [0.2, 0.25) is 0 Å². The third kappa shape index (κ3) is 4.89. The van der Waals surface area contributed by atoms with Crippen molar-refractivity contribution < 1.29 is 33.3 Å². The molecule has 0 saturated carbocycles. The van der Waals surface area contributed by atoms with Crippen LogP contribution in [0.3, 0.4) is 0 Å². The highest BCUT2D eigenvalue weighted by molar-refractivity contribution is 5.91. The highest BCUT2D eigenvalue weighted by Crippen LogP contribution is 2.27. The fourth-order valence-electron chi connectivity index (χ4n) is 2.06. The Hall–Kier alpha value is -3.22. The molecule has 1 radical (unpaired) electrons. The summed E-state index contributed by atoms with van der Waals surface area (Å²) in [6, 6.07) is 11.1. The van der Waals surface area contributed by atoms with E-state index in [1.165, 1.54) is 27.4 Å². The lowest BCUT2D eigenvalue weighted by molar-refractivity contribution is 0.0390. The molecule has 0 fully saturated rings. The van der Waals surface area contributed by atoms with Crippen LogP contribution < -0.4 is 14.2 Å². The summed E-state index contributed by atoms with van der Waals surface area (Å²) in [6.45, 7) is 0.935. The van der Waals surface area contributed by atoms with Crippen molar-refractivity contribution in [3.63, 3.8) is 0 Å². The van der Waals surface area contributed by atoms with E-state index in [9.17, 15) is 9.59 Å². The Morgan fingerprint density at radius 1 is 0.808 bits per heavy atom. The average Bonchev–Trinajstić information content (AvgIpc) is 2.70. The van der Waals surface area contributed by atoms with Crippen LogP contribution in [0.4, 0.5) is 0 Å². The van der Waals surface area contributed by atoms with Crippen LogP contribution in [0.15, 0.2) is 42.5 Å². The summed E-state index contributed by atoms with van der Waals surface area (Å²) >= 11 is 0. The zero-order valence-electron chi connectivity index (χ0n) is 14.7. The van der Waals surface area contributed by atoms with Gasteiger partial charge in [-0.3, -0.25) is 0 Å². The molecule has 0 unspecified atom stereocenters. The number of carbonyl (C=O) groups excluding carboxylic acids is 2. The van der Waals surface area contributed by atoms with Gasteiger partial charge in [0, 0.05) is 0 Å². The molecular weight excluding hydrogens is 340 g/mol. The van der Waals surface area contributed by atoms with Crippen LogP contribution in [0.1, 0.15) is 20.7 Å². The van der Waals surface area contributed by atoms with Gasteiger partial charge in [-0.05, 0) is 42.5 Å². The van der Waals surface area contributed by atoms with Gasteiger partial charge in [0.2, 0.25) is 0 Å². The summed E-state index contributed by atoms with van der Waals surface area (Å²) < 4.78 is 25.2. The van der Waals surface area contributed by atoms with Gasteiger partial charge >= 0.3 is 11.9 Å². The van der Waals surface area contributed by atoms with Crippen molar-refractivity contribution in [2.45, 2.75) is 0 Å². The first kappa shape index (κ1) is 19.1. The zero-order chi connectivity index (χ0) is 18.9. The maximum atomic E-state index is 12.0. The molecule has 0 N–H and O–H groups in total. The van der Waals surface area contributed by atoms with Gasteiger partial charge in [-0.2, -0.15) is 0 Å². The van der Waals surface area contributed by atoms with Crippen molar-refractivity contribution in [2.75, 3.05) is 27.9 Å². The fourth-order valence-corrected chi connectivity index (χ4v) is 2.06. The van der Waals surface area contributed by atoms with E-state index in [1.807, 2.05) is 0 Å². The third-order valence-electron chi connectivity index (χ3n) is 3.42. The molecule has 0 amide bonds. The quantitative estimate of drug-likeness (QED) is 0.529. The number of esters is 2. The molecule has 2 aromatic rings. The highest BCUT2D eigenvalue weighted by Gasteiger charge is 2.13. The van der Waals surface area contributed by atoms with Crippen molar-refractivity contribution >= 4 is 11.9 Å². The molecule has 7 nitrogen and oxygen atoms in total. The van der Waals surface area contributed by atoms with Gasteiger partial charge in [0.1, 0.15) is 12.4 Å². The molecule has 0 spiro atoms. The molecule has 26 heavy (non-hydrogen) atoms. The Balaban J connectivity index is 1.81. The van der Waals surface area contributed by atoms with Crippen LogP contribution in [0.25, 0.3) is 0 Å². The van der Waals surface area contributed by atoms with Gasteiger partial charge in [-0.25, -0.2) is 9.59 Å².